The fraction of sp³-hybridized carbons (Fsp3) is 0.120. The molecule has 1 N–H and O–H groups in total. The Kier molecular flexibility index (Phi) is 6.92. The minimum absolute atomic E-state index is 0.207. The van der Waals surface area contributed by atoms with E-state index in [1.54, 1.807) is 18.3 Å². The van der Waals surface area contributed by atoms with Crippen LogP contribution in [0.2, 0.25) is 0 Å². The summed E-state index contributed by atoms with van der Waals surface area (Å²) in [5.41, 5.74) is 3.36. The number of carbonyl (C=O) groups excluding carboxylic acids is 1. The lowest BCUT2D eigenvalue weighted by Crippen LogP contribution is -2.16. The molecule has 0 atom stereocenters. The largest absolute Gasteiger partial charge is 0.350 e. The molecule has 0 spiro atoms. The van der Waals surface area contributed by atoms with Gasteiger partial charge in [-0.05, 0) is 41.5 Å². The average Bonchev–Trinajstić information content (AvgIpc) is 3.18. The summed E-state index contributed by atoms with van der Waals surface area (Å²) in [6, 6.07) is 18.7. The first-order valence-corrected chi connectivity index (χ1v) is 9.96. The third-order valence-electron chi connectivity index (χ3n) is 4.60. The summed E-state index contributed by atoms with van der Waals surface area (Å²) in [4.78, 5) is 16.4. The molecular formula is C25H23F2N3O. The van der Waals surface area contributed by atoms with Gasteiger partial charge < -0.3 is 9.88 Å². The van der Waals surface area contributed by atoms with Crippen LogP contribution >= 0.6 is 0 Å². The number of hydrogen-bond acceptors (Lipinski definition) is 2. The molecule has 31 heavy (non-hydrogen) atoms. The summed E-state index contributed by atoms with van der Waals surface area (Å²) in [5, 5.41) is 2.43. The molecule has 2 aromatic carbocycles. The van der Waals surface area contributed by atoms with E-state index in [-0.39, 0.29) is 5.82 Å². The molecule has 4 nitrogen and oxygen atoms in total. The second kappa shape index (κ2) is 9.80. The van der Waals surface area contributed by atoms with Crippen LogP contribution in [0.4, 0.5) is 14.6 Å². The topological polar surface area (TPSA) is 46.9 Å². The lowest BCUT2D eigenvalue weighted by Gasteiger charge is -2.08. The third kappa shape index (κ3) is 4.86. The van der Waals surface area contributed by atoms with E-state index in [0.29, 0.717) is 0 Å². The quantitative estimate of drug-likeness (QED) is 0.421. The van der Waals surface area contributed by atoms with Crippen LogP contribution in [0, 0.1) is 11.6 Å². The molecule has 0 aliphatic rings. The Balaban J connectivity index is 0.00000132. The van der Waals surface area contributed by atoms with Crippen molar-refractivity contribution in [3.63, 3.8) is 0 Å². The van der Waals surface area contributed by atoms with Crippen LogP contribution in [0.1, 0.15) is 24.2 Å². The number of nitrogens with zero attached hydrogens (tertiary/aromatic N) is 2. The van der Waals surface area contributed by atoms with Crippen molar-refractivity contribution in [2.24, 2.45) is 7.05 Å². The number of anilines is 1. The van der Waals surface area contributed by atoms with Gasteiger partial charge in [-0.25, -0.2) is 13.8 Å². The Morgan fingerprint density at radius 1 is 0.871 bits per heavy atom. The summed E-state index contributed by atoms with van der Waals surface area (Å²) in [6.45, 7) is 4.00. The van der Waals surface area contributed by atoms with Gasteiger partial charge in [-0.15, -0.1) is 0 Å². The second-order valence-electron chi connectivity index (χ2n) is 6.57. The van der Waals surface area contributed by atoms with Crippen molar-refractivity contribution < 1.29 is 13.6 Å². The second-order valence-corrected chi connectivity index (χ2v) is 6.57. The van der Waals surface area contributed by atoms with Crippen molar-refractivity contribution in [1.82, 2.24) is 9.55 Å². The fourth-order valence-electron chi connectivity index (χ4n) is 3.15. The summed E-state index contributed by atoms with van der Waals surface area (Å²) in [6.07, 6.45) is 3.64. The van der Waals surface area contributed by atoms with Gasteiger partial charge in [-0.3, -0.25) is 4.79 Å². The van der Waals surface area contributed by atoms with Crippen molar-refractivity contribution in [2.75, 3.05) is 5.32 Å². The molecule has 0 aliphatic carbocycles. The Bertz CT molecular complexity index is 1150. The molecule has 6 heteroatoms. The Labute approximate surface area is 180 Å². The number of halogens is 2. The molecule has 0 fully saturated rings. The number of amides is 1. The van der Waals surface area contributed by atoms with Gasteiger partial charge in [0.2, 0.25) is 0 Å². The predicted octanol–water partition coefficient (Wildman–Crippen LogP) is 6.31. The van der Waals surface area contributed by atoms with Gasteiger partial charge in [-0.1, -0.05) is 50.2 Å². The Morgan fingerprint density at radius 2 is 1.55 bits per heavy atom. The number of nitrogens with one attached hydrogen (secondary N) is 1. The normalized spacial score (nSPS) is 10.2. The van der Waals surface area contributed by atoms with E-state index >= 15 is 0 Å². The zero-order valence-corrected chi connectivity index (χ0v) is 17.6. The number of carbonyl (C=O) groups is 1. The molecule has 2 aromatic heterocycles. The average molecular weight is 419 g/mol. The molecule has 0 unspecified atom stereocenters. The van der Waals surface area contributed by atoms with Crippen LogP contribution < -0.4 is 5.32 Å². The first kappa shape index (κ1) is 21.9. The first-order valence-electron chi connectivity index (χ1n) is 9.96. The van der Waals surface area contributed by atoms with Crippen molar-refractivity contribution in [2.45, 2.75) is 13.8 Å². The van der Waals surface area contributed by atoms with Crippen LogP contribution in [0.15, 0.2) is 79.1 Å². The molecule has 0 bridgehead atoms. The predicted molar refractivity (Wildman–Crippen MR) is 120 cm³/mol. The maximum atomic E-state index is 13.8. The minimum atomic E-state index is -0.920. The molecule has 0 saturated carbocycles. The van der Waals surface area contributed by atoms with Gasteiger partial charge in [0.25, 0.3) is 5.91 Å². The van der Waals surface area contributed by atoms with Gasteiger partial charge in [0.15, 0.2) is 0 Å². The zero-order chi connectivity index (χ0) is 22.4. The molecule has 1 amide bonds. The Hall–Kier alpha value is -3.80. The molecule has 2 heterocycles. The molecule has 4 aromatic rings. The van der Waals surface area contributed by atoms with Crippen LogP contribution in [-0.2, 0) is 7.05 Å². The van der Waals surface area contributed by atoms with E-state index in [4.69, 9.17) is 0 Å². The highest BCUT2D eigenvalue weighted by molar-refractivity contribution is 6.04. The molecule has 4 rings (SSSR count). The first-order chi connectivity index (χ1) is 15.0. The summed E-state index contributed by atoms with van der Waals surface area (Å²) in [5.74, 6) is -2.52. The fourth-order valence-corrected chi connectivity index (χ4v) is 3.15. The molecule has 0 radical (unpaired) electrons. The van der Waals surface area contributed by atoms with Crippen LogP contribution in [0.25, 0.3) is 22.4 Å². The van der Waals surface area contributed by atoms with Gasteiger partial charge in [0, 0.05) is 30.7 Å². The standard InChI is InChI=1S/C23H17F2N3O.C2H6/c1-28-14-17(15-6-3-2-4-7-15)12-20(28)16-10-11-21(26-13-16)27-23(29)22-18(24)8-5-9-19(22)25;1-2/h2-14H,1H3,(H,26,27,29);1-2H3. The molecule has 158 valence electrons. The van der Waals surface area contributed by atoms with E-state index < -0.39 is 23.1 Å². The van der Waals surface area contributed by atoms with E-state index in [1.807, 2.05) is 62.0 Å². The SMILES string of the molecule is CC.Cn1cc(-c2ccccc2)cc1-c1ccc(NC(=O)c2c(F)cccc2F)nc1. The van der Waals surface area contributed by atoms with E-state index in [0.717, 1.165) is 34.5 Å². The van der Waals surface area contributed by atoms with Crippen molar-refractivity contribution in [1.29, 1.82) is 0 Å². The van der Waals surface area contributed by atoms with Gasteiger partial charge in [0.05, 0.1) is 0 Å². The van der Waals surface area contributed by atoms with Crippen molar-refractivity contribution in [3.8, 4) is 22.4 Å². The smallest absolute Gasteiger partial charge is 0.262 e. The van der Waals surface area contributed by atoms with Crippen molar-refractivity contribution in [3.05, 3.63) is 96.3 Å². The molecular weight excluding hydrogens is 396 g/mol. The number of aromatic nitrogens is 2. The summed E-state index contributed by atoms with van der Waals surface area (Å²) < 4.78 is 29.5. The maximum absolute atomic E-state index is 13.8. The zero-order valence-electron chi connectivity index (χ0n) is 17.6. The van der Waals surface area contributed by atoms with Crippen LogP contribution in [0.5, 0.6) is 0 Å². The number of benzene rings is 2. The number of aryl methyl sites for hydroxylation is 1. The van der Waals surface area contributed by atoms with Gasteiger partial charge in [0.1, 0.15) is 23.0 Å². The Morgan fingerprint density at radius 3 is 2.16 bits per heavy atom. The van der Waals surface area contributed by atoms with E-state index in [2.05, 4.69) is 16.4 Å². The van der Waals surface area contributed by atoms with Crippen LogP contribution in [-0.4, -0.2) is 15.5 Å². The highest BCUT2D eigenvalue weighted by Gasteiger charge is 2.17. The van der Waals surface area contributed by atoms with Gasteiger partial charge in [-0.2, -0.15) is 0 Å². The van der Waals surface area contributed by atoms with E-state index in [9.17, 15) is 13.6 Å². The minimum Gasteiger partial charge on any atom is -0.350 e. The monoisotopic (exact) mass is 419 g/mol. The number of rotatable bonds is 4. The molecule has 0 saturated heterocycles. The van der Waals surface area contributed by atoms with Crippen molar-refractivity contribution >= 4 is 11.7 Å². The number of hydrogen-bond donors (Lipinski definition) is 1. The summed E-state index contributed by atoms with van der Waals surface area (Å²) >= 11 is 0. The number of pyridine rings is 1. The van der Waals surface area contributed by atoms with E-state index in [1.165, 1.54) is 6.07 Å². The highest BCUT2D eigenvalue weighted by atomic mass is 19.1. The highest BCUT2D eigenvalue weighted by Crippen LogP contribution is 2.28. The molecule has 0 aliphatic heterocycles. The third-order valence-corrected chi connectivity index (χ3v) is 4.60. The van der Waals surface area contributed by atoms with Crippen LogP contribution in [0.3, 0.4) is 0 Å². The maximum Gasteiger partial charge on any atom is 0.262 e. The lowest BCUT2D eigenvalue weighted by molar-refractivity contribution is 0.101. The lowest BCUT2D eigenvalue weighted by atomic mass is 10.1. The summed E-state index contributed by atoms with van der Waals surface area (Å²) in [7, 11) is 1.94. The van der Waals surface area contributed by atoms with Gasteiger partial charge >= 0.3 is 0 Å².